The molecule has 22 heavy (non-hydrogen) atoms. The molecule has 1 aromatic rings. The number of aromatic hydroxyl groups is 1. The Morgan fingerprint density at radius 1 is 1.32 bits per heavy atom. The molecule has 1 fully saturated rings. The van der Waals surface area contributed by atoms with Crippen LogP contribution in [0.25, 0.3) is 0 Å². The number of phenols is 1. The summed E-state index contributed by atoms with van der Waals surface area (Å²) in [5.74, 6) is 0.270. The Morgan fingerprint density at radius 3 is 2.73 bits per heavy atom. The zero-order valence-corrected chi connectivity index (χ0v) is 13.0. The topological polar surface area (TPSA) is 49.8 Å². The van der Waals surface area contributed by atoms with Gasteiger partial charge in [-0.2, -0.15) is 0 Å². The number of likely N-dealkylation sites (tertiary alicyclic amines) is 1. The summed E-state index contributed by atoms with van der Waals surface area (Å²) < 4.78 is 5.99. The zero-order chi connectivity index (χ0) is 15.6. The third kappa shape index (κ3) is 3.17. The average Bonchev–Trinajstić information content (AvgIpc) is 2.50. The van der Waals surface area contributed by atoms with Gasteiger partial charge in [0.15, 0.2) is 0 Å². The second-order valence-corrected chi connectivity index (χ2v) is 6.34. The SMILES string of the molecule is CC1=CC2(CCN(C(=O)Cc3ccccc3O)CC2)OCC1. The van der Waals surface area contributed by atoms with Crippen molar-refractivity contribution in [3.05, 3.63) is 41.5 Å². The van der Waals surface area contributed by atoms with E-state index in [1.807, 2.05) is 11.0 Å². The van der Waals surface area contributed by atoms with Crippen molar-refractivity contribution in [1.82, 2.24) is 4.90 Å². The van der Waals surface area contributed by atoms with Crippen molar-refractivity contribution < 1.29 is 14.6 Å². The monoisotopic (exact) mass is 301 g/mol. The second kappa shape index (κ2) is 6.13. The van der Waals surface area contributed by atoms with Crippen LogP contribution in [0, 0.1) is 0 Å². The van der Waals surface area contributed by atoms with Crippen LogP contribution in [0.3, 0.4) is 0 Å². The number of nitrogens with zero attached hydrogens (tertiary/aromatic N) is 1. The molecule has 118 valence electrons. The van der Waals surface area contributed by atoms with Crippen LogP contribution in [-0.2, 0) is 16.0 Å². The maximum atomic E-state index is 12.4. The molecule has 0 saturated carbocycles. The van der Waals surface area contributed by atoms with Crippen molar-refractivity contribution in [2.75, 3.05) is 19.7 Å². The van der Waals surface area contributed by atoms with E-state index in [0.717, 1.165) is 39.0 Å². The van der Waals surface area contributed by atoms with Gasteiger partial charge >= 0.3 is 0 Å². The molecule has 2 heterocycles. The van der Waals surface area contributed by atoms with Crippen molar-refractivity contribution in [2.45, 2.75) is 38.2 Å². The number of para-hydroxylation sites is 1. The van der Waals surface area contributed by atoms with Gasteiger partial charge in [0.2, 0.25) is 5.91 Å². The van der Waals surface area contributed by atoms with E-state index >= 15 is 0 Å². The van der Waals surface area contributed by atoms with Crippen LogP contribution in [-0.4, -0.2) is 41.2 Å². The number of phenolic OH excluding ortho intramolecular Hbond substituents is 1. The van der Waals surface area contributed by atoms with E-state index in [1.54, 1.807) is 18.2 Å². The zero-order valence-electron chi connectivity index (χ0n) is 13.0. The maximum absolute atomic E-state index is 12.4. The highest BCUT2D eigenvalue weighted by Crippen LogP contribution is 2.33. The molecule has 1 aromatic carbocycles. The van der Waals surface area contributed by atoms with Crippen LogP contribution >= 0.6 is 0 Å². The van der Waals surface area contributed by atoms with Gasteiger partial charge in [0, 0.05) is 18.7 Å². The third-order valence-electron chi connectivity index (χ3n) is 4.69. The van der Waals surface area contributed by atoms with Gasteiger partial charge in [-0.25, -0.2) is 0 Å². The van der Waals surface area contributed by atoms with E-state index in [4.69, 9.17) is 4.74 Å². The first-order valence-corrected chi connectivity index (χ1v) is 7.95. The highest BCUT2D eigenvalue weighted by Gasteiger charge is 2.36. The highest BCUT2D eigenvalue weighted by atomic mass is 16.5. The Balaban J connectivity index is 1.61. The molecule has 4 heteroatoms. The minimum absolute atomic E-state index is 0.0767. The number of carbonyl (C=O) groups is 1. The Labute approximate surface area is 131 Å². The summed E-state index contributed by atoms with van der Waals surface area (Å²) >= 11 is 0. The number of piperidine rings is 1. The van der Waals surface area contributed by atoms with Gasteiger partial charge in [0.05, 0.1) is 18.6 Å². The molecular weight excluding hydrogens is 278 g/mol. The summed E-state index contributed by atoms with van der Waals surface area (Å²) in [5.41, 5.74) is 1.92. The Kier molecular flexibility index (Phi) is 4.21. The lowest BCUT2D eigenvalue weighted by Crippen LogP contribution is -2.48. The van der Waals surface area contributed by atoms with E-state index in [0.29, 0.717) is 5.56 Å². The normalized spacial score (nSPS) is 20.8. The van der Waals surface area contributed by atoms with E-state index in [-0.39, 0.29) is 23.7 Å². The molecule has 0 aliphatic carbocycles. The Hall–Kier alpha value is -1.81. The molecule has 1 amide bonds. The number of hydrogen-bond acceptors (Lipinski definition) is 3. The second-order valence-electron chi connectivity index (χ2n) is 6.34. The van der Waals surface area contributed by atoms with Gasteiger partial charge in [0.25, 0.3) is 0 Å². The lowest BCUT2D eigenvalue weighted by atomic mass is 9.87. The summed E-state index contributed by atoms with van der Waals surface area (Å²) in [7, 11) is 0. The van der Waals surface area contributed by atoms with Crippen LogP contribution in [0.1, 0.15) is 31.7 Å². The third-order valence-corrected chi connectivity index (χ3v) is 4.69. The smallest absolute Gasteiger partial charge is 0.227 e. The molecule has 0 unspecified atom stereocenters. The molecule has 2 aliphatic rings. The molecule has 1 N–H and O–H groups in total. The highest BCUT2D eigenvalue weighted by molar-refractivity contribution is 5.79. The molecule has 4 nitrogen and oxygen atoms in total. The van der Waals surface area contributed by atoms with Crippen LogP contribution < -0.4 is 0 Å². The quantitative estimate of drug-likeness (QED) is 0.854. The lowest BCUT2D eigenvalue weighted by Gasteiger charge is -2.42. The number of rotatable bonds is 2. The molecule has 0 atom stereocenters. The molecule has 3 rings (SSSR count). The number of amides is 1. The predicted octanol–water partition coefficient (Wildman–Crippen LogP) is 2.66. The fraction of sp³-hybridized carbons (Fsp3) is 0.500. The minimum Gasteiger partial charge on any atom is -0.508 e. The van der Waals surface area contributed by atoms with E-state index in [1.165, 1.54) is 5.57 Å². The summed E-state index contributed by atoms with van der Waals surface area (Å²) in [5, 5.41) is 9.79. The maximum Gasteiger partial charge on any atom is 0.227 e. The number of benzene rings is 1. The van der Waals surface area contributed by atoms with Gasteiger partial charge in [-0.05, 0) is 32.3 Å². The van der Waals surface area contributed by atoms with Gasteiger partial charge in [-0.15, -0.1) is 0 Å². The number of ether oxygens (including phenoxy) is 1. The number of hydrogen-bond donors (Lipinski definition) is 1. The fourth-order valence-corrected chi connectivity index (χ4v) is 3.34. The van der Waals surface area contributed by atoms with Gasteiger partial charge < -0.3 is 14.7 Å². The summed E-state index contributed by atoms with van der Waals surface area (Å²) in [6.07, 6.45) is 5.24. The van der Waals surface area contributed by atoms with Gasteiger partial charge in [-0.1, -0.05) is 29.8 Å². The van der Waals surface area contributed by atoms with Crippen LogP contribution in [0.15, 0.2) is 35.9 Å². The lowest BCUT2D eigenvalue weighted by molar-refractivity contribution is -0.135. The molecule has 1 spiro atoms. The Bertz CT molecular complexity index is 586. The fourth-order valence-electron chi connectivity index (χ4n) is 3.34. The van der Waals surface area contributed by atoms with Crippen LogP contribution in [0.4, 0.5) is 0 Å². The predicted molar refractivity (Wildman–Crippen MR) is 84.7 cm³/mol. The molecule has 0 radical (unpaired) electrons. The summed E-state index contributed by atoms with van der Waals surface area (Å²) in [4.78, 5) is 14.3. The van der Waals surface area contributed by atoms with Crippen molar-refractivity contribution >= 4 is 5.91 Å². The van der Waals surface area contributed by atoms with Crippen molar-refractivity contribution in [1.29, 1.82) is 0 Å². The standard InChI is InChI=1S/C18H23NO3/c1-14-6-11-22-18(13-14)7-9-19(10-8-18)17(21)12-15-4-2-3-5-16(15)20/h2-5,13,20H,6-12H2,1H3. The van der Waals surface area contributed by atoms with E-state index in [2.05, 4.69) is 13.0 Å². The molecule has 0 aromatic heterocycles. The van der Waals surface area contributed by atoms with E-state index < -0.39 is 0 Å². The largest absolute Gasteiger partial charge is 0.508 e. The molecule has 0 bridgehead atoms. The van der Waals surface area contributed by atoms with Crippen molar-refractivity contribution in [3.8, 4) is 5.75 Å². The summed E-state index contributed by atoms with van der Waals surface area (Å²) in [6.45, 7) is 4.38. The van der Waals surface area contributed by atoms with Gasteiger partial charge in [-0.3, -0.25) is 4.79 Å². The first-order chi connectivity index (χ1) is 10.6. The van der Waals surface area contributed by atoms with Crippen molar-refractivity contribution in [2.24, 2.45) is 0 Å². The first-order valence-electron chi connectivity index (χ1n) is 7.95. The van der Waals surface area contributed by atoms with Gasteiger partial charge in [0.1, 0.15) is 5.75 Å². The average molecular weight is 301 g/mol. The molecule has 2 aliphatic heterocycles. The molecular formula is C18H23NO3. The van der Waals surface area contributed by atoms with Crippen molar-refractivity contribution in [3.63, 3.8) is 0 Å². The van der Waals surface area contributed by atoms with Crippen LogP contribution in [0.2, 0.25) is 0 Å². The first kappa shape index (κ1) is 15.1. The number of carbonyl (C=O) groups excluding carboxylic acids is 1. The minimum atomic E-state index is -0.159. The Morgan fingerprint density at radius 2 is 2.05 bits per heavy atom. The summed E-state index contributed by atoms with van der Waals surface area (Å²) in [6, 6.07) is 7.03. The molecule has 1 saturated heterocycles. The van der Waals surface area contributed by atoms with Crippen LogP contribution in [0.5, 0.6) is 5.75 Å². The van der Waals surface area contributed by atoms with E-state index in [9.17, 15) is 9.90 Å².